The van der Waals surface area contributed by atoms with Gasteiger partial charge in [-0.1, -0.05) is 0 Å². The van der Waals surface area contributed by atoms with Crippen LogP contribution in [0.15, 0.2) is 18.2 Å². The Kier molecular flexibility index (Phi) is 4.42. The van der Waals surface area contributed by atoms with Crippen LogP contribution in [0, 0.1) is 10.1 Å². The first-order valence-electron chi connectivity index (χ1n) is 7.02. The van der Waals surface area contributed by atoms with Crippen LogP contribution in [0.5, 0.6) is 0 Å². The van der Waals surface area contributed by atoms with Crippen molar-refractivity contribution in [3.63, 3.8) is 0 Å². The average Bonchev–Trinajstić information content (AvgIpc) is 2.46. The van der Waals surface area contributed by atoms with Crippen molar-refractivity contribution in [2.24, 2.45) is 11.5 Å². The maximum atomic E-state index is 11.3. The minimum atomic E-state index is -0.674. The van der Waals surface area contributed by atoms with Crippen molar-refractivity contribution in [3.05, 3.63) is 33.9 Å². The molecule has 114 valence electrons. The van der Waals surface area contributed by atoms with E-state index in [9.17, 15) is 14.9 Å². The number of carbonyl (C=O) groups excluding carboxylic acids is 1. The summed E-state index contributed by atoms with van der Waals surface area (Å²) >= 11 is 0. The summed E-state index contributed by atoms with van der Waals surface area (Å²) in [4.78, 5) is 24.1. The number of anilines is 1. The second kappa shape index (κ2) is 6.09. The molecule has 0 saturated carbocycles. The summed E-state index contributed by atoms with van der Waals surface area (Å²) in [5.41, 5.74) is 11.6. The number of hydrogen-bond acceptors (Lipinski definition) is 5. The minimum Gasteiger partial charge on any atom is -0.366 e. The Bertz CT molecular complexity index is 561. The monoisotopic (exact) mass is 292 g/mol. The molecule has 1 fully saturated rings. The maximum absolute atomic E-state index is 11.3. The number of nitro benzene ring substituents is 1. The predicted octanol–water partition coefficient (Wildman–Crippen LogP) is 1.40. The fourth-order valence-corrected chi connectivity index (χ4v) is 2.99. The van der Waals surface area contributed by atoms with Gasteiger partial charge in [0.15, 0.2) is 0 Å². The van der Waals surface area contributed by atoms with Gasteiger partial charge in [-0.25, -0.2) is 0 Å². The fourth-order valence-electron chi connectivity index (χ4n) is 2.99. The van der Waals surface area contributed by atoms with Crippen molar-refractivity contribution in [1.29, 1.82) is 0 Å². The fraction of sp³-hybridized carbons (Fsp3) is 0.500. The summed E-state index contributed by atoms with van der Waals surface area (Å²) in [6, 6.07) is 4.62. The number of hydrogen-bond donors (Lipinski definition) is 2. The van der Waals surface area contributed by atoms with Crippen molar-refractivity contribution in [3.8, 4) is 0 Å². The highest BCUT2D eigenvalue weighted by molar-refractivity contribution is 5.94. The molecular formula is C14H20N4O3. The molecule has 4 N–H and O–H groups in total. The zero-order valence-corrected chi connectivity index (χ0v) is 12.0. The van der Waals surface area contributed by atoms with Gasteiger partial charge in [0.25, 0.3) is 5.69 Å². The van der Waals surface area contributed by atoms with Crippen LogP contribution in [0.25, 0.3) is 0 Å². The minimum absolute atomic E-state index is 0.0758. The number of primary amides is 1. The predicted molar refractivity (Wildman–Crippen MR) is 80.2 cm³/mol. The number of piperidine rings is 1. The third kappa shape index (κ3) is 2.97. The molecule has 2 atom stereocenters. The van der Waals surface area contributed by atoms with E-state index < -0.39 is 10.8 Å². The van der Waals surface area contributed by atoms with Gasteiger partial charge >= 0.3 is 0 Å². The van der Waals surface area contributed by atoms with E-state index in [1.54, 1.807) is 6.07 Å². The van der Waals surface area contributed by atoms with Crippen LogP contribution in [0.2, 0.25) is 0 Å². The number of nitrogens with two attached hydrogens (primary N) is 2. The molecule has 0 spiro atoms. The molecule has 1 aliphatic rings. The molecule has 0 radical (unpaired) electrons. The molecule has 7 nitrogen and oxygen atoms in total. The lowest BCUT2D eigenvalue weighted by atomic mass is 9.95. The summed E-state index contributed by atoms with van der Waals surface area (Å²) in [6.07, 6.45) is 2.94. The van der Waals surface area contributed by atoms with Gasteiger partial charge in [0.2, 0.25) is 5.91 Å². The van der Waals surface area contributed by atoms with Gasteiger partial charge < -0.3 is 16.4 Å². The molecule has 2 rings (SSSR count). The Morgan fingerprint density at radius 3 is 2.76 bits per heavy atom. The molecule has 7 heteroatoms. The van der Waals surface area contributed by atoms with E-state index in [2.05, 4.69) is 0 Å². The highest BCUT2D eigenvalue weighted by atomic mass is 16.6. The van der Waals surface area contributed by atoms with Crippen LogP contribution in [0.3, 0.4) is 0 Å². The number of amides is 1. The Morgan fingerprint density at radius 1 is 1.48 bits per heavy atom. The quantitative estimate of drug-likeness (QED) is 0.642. The molecule has 21 heavy (non-hydrogen) atoms. The van der Waals surface area contributed by atoms with E-state index in [0.717, 1.165) is 19.3 Å². The largest absolute Gasteiger partial charge is 0.366 e. The zero-order valence-electron chi connectivity index (χ0n) is 12.0. The van der Waals surface area contributed by atoms with Crippen molar-refractivity contribution >= 4 is 17.3 Å². The van der Waals surface area contributed by atoms with E-state index in [-0.39, 0.29) is 23.3 Å². The van der Waals surface area contributed by atoms with Crippen LogP contribution < -0.4 is 16.4 Å². The molecule has 1 amide bonds. The third-order valence-corrected chi connectivity index (χ3v) is 4.03. The van der Waals surface area contributed by atoms with Crippen LogP contribution in [0.4, 0.5) is 11.4 Å². The second-order valence-corrected chi connectivity index (χ2v) is 5.40. The van der Waals surface area contributed by atoms with Gasteiger partial charge in [-0.2, -0.15) is 0 Å². The zero-order chi connectivity index (χ0) is 15.6. The summed E-state index contributed by atoms with van der Waals surface area (Å²) in [5, 5.41) is 11.3. The van der Waals surface area contributed by atoms with E-state index in [1.807, 2.05) is 11.8 Å². The maximum Gasteiger partial charge on any atom is 0.293 e. The van der Waals surface area contributed by atoms with Crippen molar-refractivity contribution in [1.82, 2.24) is 0 Å². The van der Waals surface area contributed by atoms with Gasteiger partial charge in [0.1, 0.15) is 5.69 Å². The normalized spacial score (nSPS) is 22.1. The van der Waals surface area contributed by atoms with Crippen LogP contribution in [0.1, 0.15) is 36.5 Å². The van der Waals surface area contributed by atoms with Gasteiger partial charge in [0.05, 0.1) is 4.92 Å². The topological polar surface area (TPSA) is 115 Å². The lowest BCUT2D eigenvalue weighted by Crippen LogP contribution is -2.49. The van der Waals surface area contributed by atoms with Crippen LogP contribution in [-0.2, 0) is 0 Å². The van der Waals surface area contributed by atoms with Crippen molar-refractivity contribution in [2.75, 3.05) is 11.4 Å². The standard InChI is InChI=1S/C14H20N4O3/c1-9-3-2-4-11(8-15)17(9)12-6-5-10(14(16)19)7-13(12)18(20)21/h5-7,9,11H,2-4,8,15H2,1H3,(H2,16,19). The molecule has 0 aliphatic carbocycles. The molecule has 1 aliphatic heterocycles. The first-order chi connectivity index (χ1) is 9.95. The smallest absolute Gasteiger partial charge is 0.293 e. The summed E-state index contributed by atoms with van der Waals surface area (Å²) in [7, 11) is 0. The van der Waals surface area contributed by atoms with Gasteiger partial charge in [0, 0.05) is 30.3 Å². The second-order valence-electron chi connectivity index (χ2n) is 5.40. The summed E-state index contributed by atoms with van der Waals surface area (Å²) in [6.45, 7) is 2.48. The molecule has 2 unspecified atom stereocenters. The first kappa shape index (κ1) is 15.2. The molecule has 1 heterocycles. The molecule has 0 bridgehead atoms. The number of nitrogens with zero attached hydrogens (tertiary/aromatic N) is 2. The summed E-state index contributed by atoms with van der Waals surface area (Å²) in [5.74, 6) is -0.674. The third-order valence-electron chi connectivity index (χ3n) is 4.03. The van der Waals surface area contributed by atoms with Crippen LogP contribution >= 0.6 is 0 Å². The lowest BCUT2D eigenvalue weighted by molar-refractivity contribution is -0.384. The molecule has 1 aromatic carbocycles. The van der Waals surface area contributed by atoms with Crippen LogP contribution in [-0.4, -0.2) is 29.5 Å². The van der Waals surface area contributed by atoms with E-state index in [1.165, 1.54) is 12.1 Å². The Morgan fingerprint density at radius 2 is 2.19 bits per heavy atom. The Labute approximate surface area is 123 Å². The average molecular weight is 292 g/mol. The summed E-state index contributed by atoms with van der Waals surface area (Å²) < 4.78 is 0. The van der Waals surface area contributed by atoms with E-state index in [0.29, 0.717) is 12.2 Å². The number of rotatable bonds is 4. The highest BCUT2D eigenvalue weighted by Gasteiger charge is 2.32. The van der Waals surface area contributed by atoms with E-state index in [4.69, 9.17) is 11.5 Å². The molecule has 1 saturated heterocycles. The number of carbonyl (C=O) groups is 1. The van der Waals surface area contributed by atoms with E-state index >= 15 is 0 Å². The molecule has 0 aromatic heterocycles. The number of benzene rings is 1. The highest BCUT2D eigenvalue weighted by Crippen LogP contribution is 2.36. The van der Waals surface area contributed by atoms with Gasteiger partial charge in [-0.3, -0.25) is 14.9 Å². The first-order valence-corrected chi connectivity index (χ1v) is 7.02. The Hall–Kier alpha value is -2.15. The molecule has 1 aromatic rings. The molecular weight excluding hydrogens is 272 g/mol. The lowest BCUT2D eigenvalue weighted by Gasteiger charge is -2.41. The Balaban J connectivity index is 2.50. The van der Waals surface area contributed by atoms with Gasteiger partial charge in [-0.15, -0.1) is 0 Å². The SMILES string of the molecule is CC1CCCC(CN)N1c1ccc(C(N)=O)cc1[N+](=O)[O-]. The van der Waals surface area contributed by atoms with Crippen molar-refractivity contribution < 1.29 is 9.72 Å². The van der Waals surface area contributed by atoms with Crippen molar-refractivity contribution in [2.45, 2.75) is 38.3 Å². The van der Waals surface area contributed by atoms with Gasteiger partial charge in [-0.05, 0) is 38.3 Å². The number of nitro groups is 1.